The second-order valence-corrected chi connectivity index (χ2v) is 6.34. The van der Waals surface area contributed by atoms with Crippen LogP contribution in [0.1, 0.15) is 40.7 Å². The molecule has 0 aliphatic carbocycles. The average molecular weight is 375 g/mol. The van der Waals surface area contributed by atoms with Crippen LogP contribution >= 0.6 is 0 Å². The molecule has 0 bridgehead atoms. The number of pyridine rings is 1. The van der Waals surface area contributed by atoms with E-state index in [4.69, 9.17) is 9.26 Å². The molecule has 1 atom stereocenters. The largest absolute Gasteiger partial charge is 0.449 e. The van der Waals surface area contributed by atoms with Gasteiger partial charge in [-0.05, 0) is 51.1 Å². The third-order valence-corrected chi connectivity index (χ3v) is 4.30. The highest BCUT2D eigenvalue weighted by Crippen LogP contribution is 2.22. The van der Waals surface area contributed by atoms with Crippen molar-refractivity contribution < 1.29 is 14.1 Å². The zero-order valence-electron chi connectivity index (χ0n) is 15.6. The summed E-state index contributed by atoms with van der Waals surface area (Å²) in [6.45, 7) is 5.45. The van der Waals surface area contributed by atoms with E-state index in [9.17, 15) is 4.79 Å². The smallest absolute Gasteiger partial charge is 0.338 e. The van der Waals surface area contributed by atoms with Crippen molar-refractivity contribution in [3.63, 3.8) is 0 Å². The summed E-state index contributed by atoms with van der Waals surface area (Å²) in [5.41, 5.74) is 4.14. The summed E-state index contributed by atoms with van der Waals surface area (Å²) in [6, 6.07) is 8.68. The number of carbonyl (C=O) groups excluding carboxylic acids is 1. The van der Waals surface area contributed by atoms with Crippen molar-refractivity contribution in [3.05, 3.63) is 65.6 Å². The van der Waals surface area contributed by atoms with Crippen LogP contribution in [0, 0.1) is 13.8 Å². The van der Waals surface area contributed by atoms with E-state index in [0.717, 1.165) is 22.5 Å². The molecular formula is C20H17N5O3. The van der Waals surface area contributed by atoms with E-state index in [1.54, 1.807) is 43.6 Å². The van der Waals surface area contributed by atoms with Gasteiger partial charge in [0.25, 0.3) is 5.89 Å². The van der Waals surface area contributed by atoms with Crippen molar-refractivity contribution in [2.45, 2.75) is 26.9 Å². The van der Waals surface area contributed by atoms with E-state index in [1.807, 2.05) is 19.9 Å². The van der Waals surface area contributed by atoms with Gasteiger partial charge in [0.2, 0.25) is 5.82 Å². The molecule has 0 aliphatic heterocycles. The Bertz CT molecular complexity index is 1160. The molecule has 8 nitrogen and oxygen atoms in total. The second kappa shape index (κ2) is 7.15. The van der Waals surface area contributed by atoms with Gasteiger partial charge in [-0.25, -0.2) is 14.8 Å². The summed E-state index contributed by atoms with van der Waals surface area (Å²) < 4.78 is 10.7. The van der Waals surface area contributed by atoms with Crippen molar-refractivity contribution in [1.29, 1.82) is 0 Å². The highest BCUT2D eigenvalue weighted by molar-refractivity contribution is 5.93. The molecule has 0 spiro atoms. The number of nitrogens with zero attached hydrogens (tertiary/aromatic N) is 5. The molecule has 28 heavy (non-hydrogen) atoms. The maximum absolute atomic E-state index is 12.5. The first-order valence-electron chi connectivity index (χ1n) is 8.71. The molecule has 0 radical (unpaired) electrons. The molecule has 140 valence electrons. The number of aryl methyl sites for hydroxylation is 2. The van der Waals surface area contributed by atoms with Crippen molar-refractivity contribution >= 4 is 17.0 Å². The maximum Gasteiger partial charge on any atom is 0.338 e. The number of benzene rings is 1. The first-order chi connectivity index (χ1) is 13.5. The van der Waals surface area contributed by atoms with Crippen LogP contribution < -0.4 is 0 Å². The fourth-order valence-corrected chi connectivity index (χ4v) is 2.65. The summed E-state index contributed by atoms with van der Waals surface area (Å²) in [7, 11) is 0. The zero-order valence-corrected chi connectivity index (χ0v) is 15.6. The number of hydrogen-bond acceptors (Lipinski definition) is 8. The maximum atomic E-state index is 12.5. The molecular weight excluding hydrogens is 358 g/mol. The molecule has 8 heteroatoms. The van der Waals surface area contributed by atoms with E-state index >= 15 is 0 Å². The van der Waals surface area contributed by atoms with Crippen LogP contribution in [-0.4, -0.2) is 31.1 Å². The van der Waals surface area contributed by atoms with Crippen LogP contribution in [0.5, 0.6) is 0 Å². The van der Waals surface area contributed by atoms with E-state index in [0.29, 0.717) is 16.9 Å². The average Bonchev–Trinajstić information content (AvgIpc) is 3.19. The lowest BCUT2D eigenvalue weighted by molar-refractivity contribution is 0.0265. The van der Waals surface area contributed by atoms with Gasteiger partial charge in [0.15, 0.2) is 6.10 Å². The lowest BCUT2D eigenvalue weighted by Gasteiger charge is -2.10. The minimum atomic E-state index is -0.702. The van der Waals surface area contributed by atoms with Crippen molar-refractivity contribution in [1.82, 2.24) is 25.1 Å². The topological polar surface area (TPSA) is 104 Å². The fraction of sp³-hybridized carbons (Fsp3) is 0.200. The lowest BCUT2D eigenvalue weighted by Crippen LogP contribution is -2.10. The SMILES string of the molecule is Cc1nc2ccc(C(=O)OC(C)c3nc(-c4cccnc4)no3)cc2nc1C. The predicted molar refractivity (Wildman–Crippen MR) is 100 cm³/mol. The number of esters is 1. The Balaban J connectivity index is 1.52. The highest BCUT2D eigenvalue weighted by Gasteiger charge is 2.20. The van der Waals surface area contributed by atoms with E-state index < -0.39 is 12.1 Å². The zero-order chi connectivity index (χ0) is 19.7. The molecule has 3 aromatic heterocycles. The molecule has 0 amide bonds. The molecule has 4 rings (SSSR count). The van der Waals surface area contributed by atoms with Crippen LogP contribution in [0.25, 0.3) is 22.4 Å². The number of hydrogen-bond donors (Lipinski definition) is 0. The van der Waals surface area contributed by atoms with Crippen LogP contribution in [0.2, 0.25) is 0 Å². The second-order valence-electron chi connectivity index (χ2n) is 6.34. The number of fused-ring (bicyclic) bond motifs is 1. The molecule has 0 saturated heterocycles. The van der Waals surface area contributed by atoms with Crippen molar-refractivity contribution in [2.75, 3.05) is 0 Å². The van der Waals surface area contributed by atoms with Gasteiger partial charge in [-0.3, -0.25) is 4.98 Å². The molecule has 0 fully saturated rings. The Kier molecular flexibility index (Phi) is 4.52. The first-order valence-corrected chi connectivity index (χ1v) is 8.71. The predicted octanol–water partition coefficient (Wildman–Crippen LogP) is 3.61. The van der Waals surface area contributed by atoms with Gasteiger partial charge in [-0.2, -0.15) is 4.98 Å². The molecule has 0 aliphatic rings. The quantitative estimate of drug-likeness (QED) is 0.498. The van der Waals surface area contributed by atoms with Gasteiger partial charge >= 0.3 is 5.97 Å². The number of rotatable bonds is 4. The summed E-state index contributed by atoms with van der Waals surface area (Å²) >= 11 is 0. The Labute approximate surface area is 160 Å². The standard InChI is InChI=1S/C20H17N5O3/c1-11-12(2)23-17-9-14(6-7-16(17)22-11)20(26)27-13(3)19-24-18(25-28-19)15-5-4-8-21-10-15/h4-10,13H,1-3H3. The van der Waals surface area contributed by atoms with Crippen LogP contribution in [0.15, 0.2) is 47.2 Å². The third-order valence-electron chi connectivity index (χ3n) is 4.30. The molecule has 0 N–H and O–H groups in total. The highest BCUT2D eigenvalue weighted by atomic mass is 16.6. The third kappa shape index (κ3) is 3.44. The Morgan fingerprint density at radius 1 is 1.07 bits per heavy atom. The summed E-state index contributed by atoms with van der Waals surface area (Å²) in [5.74, 6) is 0.0904. The minimum absolute atomic E-state index is 0.208. The summed E-state index contributed by atoms with van der Waals surface area (Å²) in [4.78, 5) is 29.8. The van der Waals surface area contributed by atoms with Crippen molar-refractivity contribution in [2.24, 2.45) is 0 Å². The summed E-state index contributed by atoms with van der Waals surface area (Å²) in [5, 5.41) is 3.91. The van der Waals surface area contributed by atoms with Gasteiger partial charge in [0.05, 0.1) is 28.0 Å². The fourth-order valence-electron chi connectivity index (χ4n) is 2.65. The Hall–Kier alpha value is -3.68. The van der Waals surface area contributed by atoms with E-state index in [2.05, 4.69) is 25.1 Å². The van der Waals surface area contributed by atoms with Crippen LogP contribution in [-0.2, 0) is 4.74 Å². The van der Waals surface area contributed by atoms with Gasteiger partial charge in [-0.1, -0.05) is 5.16 Å². The number of aromatic nitrogens is 5. The molecule has 4 aromatic rings. The van der Waals surface area contributed by atoms with Gasteiger partial charge in [0, 0.05) is 18.0 Å². The van der Waals surface area contributed by atoms with Crippen LogP contribution in [0.4, 0.5) is 0 Å². The van der Waals surface area contributed by atoms with Crippen molar-refractivity contribution in [3.8, 4) is 11.4 Å². The summed E-state index contributed by atoms with van der Waals surface area (Å²) in [6.07, 6.45) is 2.59. The number of carbonyl (C=O) groups is 1. The minimum Gasteiger partial charge on any atom is -0.449 e. The lowest BCUT2D eigenvalue weighted by atomic mass is 10.2. The van der Waals surface area contributed by atoms with E-state index in [-0.39, 0.29) is 5.89 Å². The normalized spacial score (nSPS) is 12.1. The Morgan fingerprint density at radius 2 is 1.86 bits per heavy atom. The first kappa shape index (κ1) is 17.7. The molecule has 0 saturated carbocycles. The Morgan fingerprint density at radius 3 is 2.61 bits per heavy atom. The molecule has 3 heterocycles. The number of ether oxygens (including phenoxy) is 1. The van der Waals surface area contributed by atoms with Gasteiger partial charge < -0.3 is 9.26 Å². The molecule has 1 unspecified atom stereocenters. The van der Waals surface area contributed by atoms with Gasteiger partial charge in [0.1, 0.15) is 0 Å². The van der Waals surface area contributed by atoms with Gasteiger partial charge in [-0.15, -0.1) is 0 Å². The van der Waals surface area contributed by atoms with Crippen LogP contribution in [0.3, 0.4) is 0 Å². The van der Waals surface area contributed by atoms with E-state index in [1.165, 1.54) is 0 Å². The molecule has 1 aromatic carbocycles. The monoisotopic (exact) mass is 375 g/mol.